The van der Waals surface area contributed by atoms with Gasteiger partial charge < -0.3 is 28.5 Å². The highest BCUT2D eigenvalue weighted by molar-refractivity contribution is 8.07. The molecule has 132 valence electrons. The van der Waals surface area contributed by atoms with E-state index in [1.165, 1.54) is 13.2 Å². The normalized spacial score (nSPS) is 32.3. The molecule has 1 aliphatic carbocycles. The Morgan fingerprint density at radius 1 is 1.26 bits per heavy atom. The molecule has 0 aromatic heterocycles. The summed E-state index contributed by atoms with van der Waals surface area (Å²) in [5, 5.41) is 0. The summed E-state index contributed by atoms with van der Waals surface area (Å²) in [6.07, 6.45) is 0.421. The number of ether oxygens (including phenoxy) is 1. The van der Waals surface area contributed by atoms with E-state index in [-0.39, 0.29) is 5.92 Å². The zero-order chi connectivity index (χ0) is 18.1. The van der Waals surface area contributed by atoms with Crippen LogP contribution in [0.2, 0.25) is 5.82 Å². The first-order valence-electron chi connectivity index (χ1n) is 6.99. The highest BCUT2D eigenvalue weighted by atomic mass is 32.5. The quantitative estimate of drug-likeness (QED) is 0.472. The third-order valence-electron chi connectivity index (χ3n) is 3.16. The molecular weight excluding hydrogens is 361 g/mol. The topological polar surface area (TPSA) is 105 Å². The van der Waals surface area contributed by atoms with Crippen LogP contribution in [0, 0.1) is 5.92 Å². The Kier molecular flexibility index (Phi) is 7.26. The van der Waals surface area contributed by atoms with Gasteiger partial charge in [-0.05, 0) is 44.8 Å². The number of hydrogen-bond donors (Lipinski definition) is 3. The van der Waals surface area contributed by atoms with Gasteiger partial charge in [-0.2, -0.15) is 0 Å². The Morgan fingerprint density at radius 3 is 2.26 bits per heavy atom. The summed E-state index contributed by atoms with van der Waals surface area (Å²) >= 11 is 5.01. The maximum Gasteiger partial charge on any atom is 0.348 e. The molecular formula is C12H23BO7P2S. The average molecular weight is 384 g/mol. The van der Waals surface area contributed by atoms with Crippen molar-refractivity contribution in [1.82, 2.24) is 0 Å². The molecule has 0 bridgehead atoms. The molecule has 1 rings (SSSR count). The minimum atomic E-state index is -4.27. The summed E-state index contributed by atoms with van der Waals surface area (Å²) in [6.45, 7) is 1.68. The van der Waals surface area contributed by atoms with Crippen LogP contribution >= 0.6 is 14.3 Å². The molecule has 7 nitrogen and oxygen atoms in total. The number of hydrogen-bond acceptors (Lipinski definition) is 5. The van der Waals surface area contributed by atoms with E-state index in [1.807, 2.05) is 0 Å². The van der Waals surface area contributed by atoms with Crippen LogP contribution in [0.15, 0.2) is 11.9 Å². The fraction of sp³-hybridized carbons (Fsp3) is 0.833. The van der Waals surface area contributed by atoms with Crippen molar-refractivity contribution in [3.8, 4) is 0 Å². The van der Waals surface area contributed by atoms with Crippen molar-refractivity contribution < 1.29 is 33.0 Å². The monoisotopic (exact) mass is 384 g/mol. The molecule has 2 radical (unpaired) electrons. The second-order valence-corrected chi connectivity index (χ2v) is 10.6. The lowest BCUT2D eigenvalue weighted by Crippen LogP contribution is -2.31. The van der Waals surface area contributed by atoms with Crippen LogP contribution in [0.4, 0.5) is 0 Å². The van der Waals surface area contributed by atoms with Crippen molar-refractivity contribution >= 4 is 34.0 Å². The first-order chi connectivity index (χ1) is 10.2. The molecule has 1 saturated carbocycles. The molecule has 0 aromatic rings. The van der Waals surface area contributed by atoms with Gasteiger partial charge in [0.25, 0.3) is 0 Å². The molecule has 5 atom stereocenters. The molecule has 0 saturated heterocycles. The smallest absolute Gasteiger partial charge is 0.348 e. The Morgan fingerprint density at radius 2 is 1.83 bits per heavy atom. The molecule has 3 N–H and O–H groups in total. The van der Waals surface area contributed by atoms with Crippen LogP contribution in [-0.2, 0) is 30.2 Å². The summed E-state index contributed by atoms with van der Waals surface area (Å²) in [5.41, 5.74) is -0.685. The number of rotatable bonds is 6. The lowest BCUT2D eigenvalue weighted by molar-refractivity contribution is -0.00962. The zero-order valence-electron chi connectivity index (χ0n) is 13.5. The lowest BCUT2D eigenvalue weighted by atomic mass is 9.84. The van der Waals surface area contributed by atoms with E-state index in [0.29, 0.717) is 6.42 Å². The maximum absolute atomic E-state index is 11.0. The molecule has 1 aliphatic rings. The fourth-order valence-electron chi connectivity index (χ4n) is 2.45. The predicted molar refractivity (Wildman–Crippen MR) is 91.8 cm³/mol. The summed E-state index contributed by atoms with van der Waals surface area (Å²) < 4.78 is 27.2. The van der Waals surface area contributed by atoms with Crippen LogP contribution < -0.4 is 0 Å². The van der Waals surface area contributed by atoms with Gasteiger partial charge in [-0.3, -0.25) is 4.57 Å². The van der Waals surface area contributed by atoms with Crippen LogP contribution in [0.5, 0.6) is 0 Å². The van der Waals surface area contributed by atoms with Crippen LogP contribution in [0.3, 0.4) is 0 Å². The molecule has 1 fully saturated rings. The molecule has 0 aromatic carbocycles. The summed E-state index contributed by atoms with van der Waals surface area (Å²) in [7, 11) is 3.18. The second-order valence-electron chi connectivity index (χ2n) is 6.44. The largest absolute Gasteiger partial charge is 0.378 e. The first-order valence-corrected chi connectivity index (χ1v) is 11.3. The van der Waals surface area contributed by atoms with E-state index in [2.05, 4.69) is 0 Å². The van der Waals surface area contributed by atoms with Gasteiger partial charge in [0.1, 0.15) is 0 Å². The van der Waals surface area contributed by atoms with Crippen molar-refractivity contribution in [3.05, 3.63) is 11.9 Å². The van der Waals surface area contributed by atoms with E-state index in [4.69, 9.17) is 43.2 Å². The highest BCUT2D eigenvalue weighted by Crippen LogP contribution is 2.53. The highest BCUT2D eigenvalue weighted by Gasteiger charge is 2.44. The lowest BCUT2D eigenvalue weighted by Gasteiger charge is -2.31. The zero-order valence-corrected chi connectivity index (χ0v) is 16.1. The Hall–Kier alpha value is 0.445. The fourth-order valence-corrected chi connectivity index (χ4v) is 5.18. The van der Waals surface area contributed by atoms with Crippen molar-refractivity contribution in [2.45, 2.75) is 50.8 Å². The van der Waals surface area contributed by atoms with Crippen molar-refractivity contribution in [2.75, 3.05) is 7.11 Å². The maximum atomic E-state index is 11.0. The summed E-state index contributed by atoms with van der Waals surface area (Å²) in [5.74, 6) is -0.0545. The van der Waals surface area contributed by atoms with E-state index in [0.717, 1.165) is 5.82 Å². The minimum absolute atomic E-state index is 0.364. The molecule has 0 amide bonds. The molecule has 11 heteroatoms. The van der Waals surface area contributed by atoms with E-state index >= 15 is 0 Å². The van der Waals surface area contributed by atoms with Crippen molar-refractivity contribution in [3.63, 3.8) is 0 Å². The molecule has 23 heavy (non-hydrogen) atoms. The molecule has 0 spiro atoms. The van der Waals surface area contributed by atoms with Gasteiger partial charge in [0.15, 0.2) is 0 Å². The summed E-state index contributed by atoms with van der Waals surface area (Å²) in [4.78, 5) is 28.1. The van der Waals surface area contributed by atoms with Gasteiger partial charge in [-0.1, -0.05) is 6.08 Å². The van der Waals surface area contributed by atoms with E-state index in [9.17, 15) is 9.46 Å². The van der Waals surface area contributed by atoms with Gasteiger partial charge >= 0.3 is 14.3 Å². The SMILES string of the molecule is [B]C1C[C@H](/C=C/P(=O)(O)O)[C@@H](OC)[C@H]1OP(O)(=S)OC(C)(C)C. The molecule has 0 aliphatic heterocycles. The van der Waals surface area contributed by atoms with Crippen LogP contribution in [-0.4, -0.2) is 47.4 Å². The van der Waals surface area contributed by atoms with Gasteiger partial charge in [-0.25, -0.2) is 0 Å². The van der Waals surface area contributed by atoms with E-state index < -0.39 is 37.9 Å². The van der Waals surface area contributed by atoms with Gasteiger partial charge in [0, 0.05) is 18.8 Å². The molecule has 0 heterocycles. The third kappa shape index (κ3) is 7.47. The second kappa shape index (κ2) is 7.77. The van der Waals surface area contributed by atoms with Crippen molar-refractivity contribution in [2.24, 2.45) is 5.92 Å². The van der Waals surface area contributed by atoms with Crippen LogP contribution in [0.1, 0.15) is 27.2 Å². The Labute approximate surface area is 143 Å². The standard InChI is InChI=1S/C12H23BO7P2S/c1-12(2,3)20-22(17,23)19-11-9(13)7-8(10(11)18-4)5-6-21(14,15)16/h5-6,8-11H,7H2,1-4H3,(H,17,23)(H2,14,15,16)/b6-5+/t8-,9?,10+,11-,22?/m0/s1. The van der Waals surface area contributed by atoms with Gasteiger partial charge in [0.05, 0.1) is 25.7 Å². The van der Waals surface area contributed by atoms with Gasteiger partial charge in [-0.15, -0.1) is 0 Å². The molecule has 2 unspecified atom stereocenters. The number of methoxy groups -OCH3 is 1. The van der Waals surface area contributed by atoms with Crippen molar-refractivity contribution in [1.29, 1.82) is 0 Å². The first kappa shape index (κ1) is 21.5. The third-order valence-corrected chi connectivity index (χ3v) is 5.49. The Bertz CT molecular complexity index is 530. The Balaban J connectivity index is 2.89. The predicted octanol–water partition coefficient (Wildman–Crippen LogP) is 2.09. The average Bonchev–Trinajstić information content (AvgIpc) is 2.58. The van der Waals surface area contributed by atoms with Gasteiger partial charge in [0.2, 0.25) is 0 Å². The van der Waals surface area contributed by atoms with Crippen LogP contribution in [0.25, 0.3) is 0 Å². The summed E-state index contributed by atoms with van der Waals surface area (Å²) in [6, 6.07) is 0. The minimum Gasteiger partial charge on any atom is -0.378 e. The van der Waals surface area contributed by atoms with E-state index in [1.54, 1.807) is 20.8 Å².